The summed E-state index contributed by atoms with van der Waals surface area (Å²) >= 11 is 7.96. The van der Waals surface area contributed by atoms with E-state index in [0.29, 0.717) is 41.5 Å². The molecule has 0 unspecified atom stereocenters. The molecule has 0 spiro atoms. The van der Waals surface area contributed by atoms with Gasteiger partial charge >= 0.3 is 0 Å². The number of halogens is 1. The Hall–Kier alpha value is -2.80. The molecular weight excluding hydrogens is 468 g/mol. The van der Waals surface area contributed by atoms with Gasteiger partial charge in [-0.3, -0.25) is 9.59 Å². The van der Waals surface area contributed by atoms with Gasteiger partial charge in [0.1, 0.15) is 0 Å². The fourth-order valence-corrected chi connectivity index (χ4v) is 4.96. The average Bonchev–Trinajstić information content (AvgIpc) is 2.94. The molecule has 7 heteroatoms. The van der Waals surface area contributed by atoms with E-state index in [4.69, 9.17) is 16.3 Å². The van der Waals surface area contributed by atoms with Crippen LogP contribution in [0.3, 0.4) is 0 Å². The number of nitrogens with zero attached hydrogens (tertiary/aromatic N) is 1. The molecule has 1 heterocycles. The summed E-state index contributed by atoms with van der Waals surface area (Å²) in [6.07, 6.45) is 0.903. The number of amides is 2. The lowest BCUT2D eigenvalue weighted by molar-refractivity contribution is 0.0757. The number of nitrogens with one attached hydrogen (secondary N) is 1. The lowest BCUT2D eigenvalue weighted by atomic mass is 10.1. The number of anilines is 1. The van der Waals surface area contributed by atoms with Crippen molar-refractivity contribution < 1.29 is 14.3 Å². The Labute approximate surface area is 209 Å². The van der Waals surface area contributed by atoms with Crippen LogP contribution in [0.25, 0.3) is 0 Å². The zero-order chi connectivity index (χ0) is 24.1. The Morgan fingerprint density at radius 2 is 1.82 bits per heavy atom. The normalized spacial score (nSPS) is 12.8. The number of ether oxygens (including phenoxy) is 1. The number of rotatable bonds is 8. The average molecular weight is 495 g/mol. The van der Waals surface area contributed by atoms with Crippen molar-refractivity contribution in [3.8, 4) is 0 Å². The first-order valence-corrected chi connectivity index (χ1v) is 12.5. The minimum atomic E-state index is -0.177. The standard InChI is InChI=1S/C27H27ClN2O3S/c1-18(2)33-15-7-14-29-26(31)19-12-13-25-23(16-19)30(17-20-8-3-5-10-22(20)28)27(32)21-9-4-6-11-24(21)34-25/h3-6,8-13,16,18H,7,14-15,17H2,1-2H3,(H,29,31). The highest BCUT2D eigenvalue weighted by Crippen LogP contribution is 2.42. The van der Waals surface area contributed by atoms with Crippen LogP contribution >= 0.6 is 23.4 Å². The molecule has 34 heavy (non-hydrogen) atoms. The second-order valence-electron chi connectivity index (χ2n) is 8.29. The topological polar surface area (TPSA) is 58.6 Å². The Balaban J connectivity index is 1.63. The van der Waals surface area contributed by atoms with E-state index in [1.807, 2.05) is 68.4 Å². The first-order valence-electron chi connectivity index (χ1n) is 11.3. The summed E-state index contributed by atoms with van der Waals surface area (Å²) in [6.45, 7) is 5.39. The van der Waals surface area contributed by atoms with Crippen LogP contribution in [0.2, 0.25) is 5.02 Å². The van der Waals surface area contributed by atoms with E-state index in [2.05, 4.69) is 5.32 Å². The summed E-state index contributed by atoms with van der Waals surface area (Å²) in [4.78, 5) is 30.0. The molecule has 0 aromatic heterocycles. The van der Waals surface area contributed by atoms with Gasteiger partial charge in [0.05, 0.1) is 23.9 Å². The molecule has 1 aliphatic rings. The SMILES string of the molecule is CC(C)OCCCNC(=O)c1ccc2c(c1)N(Cc1ccccc1Cl)C(=O)c1ccccc1S2. The molecule has 0 bridgehead atoms. The van der Waals surface area contributed by atoms with Crippen LogP contribution in [-0.2, 0) is 11.3 Å². The molecule has 0 saturated heterocycles. The van der Waals surface area contributed by atoms with Crippen molar-refractivity contribution in [2.24, 2.45) is 0 Å². The molecule has 1 aliphatic heterocycles. The van der Waals surface area contributed by atoms with E-state index in [1.165, 1.54) is 11.8 Å². The molecule has 3 aromatic carbocycles. The third-order valence-electron chi connectivity index (χ3n) is 5.44. The second kappa shape index (κ2) is 11.1. The molecular formula is C27H27ClN2O3S. The Bertz CT molecular complexity index is 1200. The summed E-state index contributed by atoms with van der Waals surface area (Å²) in [5.41, 5.74) is 2.67. The van der Waals surface area contributed by atoms with Crippen LogP contribution in [0.15, 0.2) is 76.5 Å². The Morgan fingerprint density at radius 3 is 2.62 bits per heavy atom. The van der Waals surface area contributed by atoms with Crippen molar-refractivity contribution in [1.29, 1.82) is 0 Å². The predicted octanol–water partition coefficient (Wildman–Crippen LogP) is 6.20. The molecule has 2 amide bonds. The van der Waals surface area contributed by atoms with Crippen LogP contribution in [0.4, 0.5) is 5.69 Å². The monoisotopic (exact) mass is 494 g/mol. The number of carbonyl (C=O) groups excluding carboxylic acids is 2. The molecule has 0 radical (unpaired) electrons. The van der Waals surface area contributed by atoms with Crippen molar-refractivity contribution in [1.82, 2.24) is 5.32 Å². The lowest BCUT2D eigenvalue weighted by Crippen LogP contribution is -2.31. The van der Waals surface area contributed by atoms with Crippen LogP contribution in [-0.4, -0.2) is 31.1 Å². The molecule has 5 nitrogen and oxygen atoms in total. The van der Waals surface area contributed by atoms with Crippen LogP contribution in [0.1, 0.15) is 46.5 Å². The third kappa shape index (κ3) is 5.63. The summed E-state index contributed by atoms with van der Waals surface area (Å²) in [7, 11) is 0. The molecule has 176 valence electrons. The van der Waals surface area contributed by atoms with Crippen molar-refractivity contribution in [3.05, 3.63) is 88.4 Å². The molecule has 3 aromatic rings. The first kappa shape index (κ1) is 24.3. The van der Waals surface area contributed by atoms with Crippen LogP contribution in [0.5, 0.6) is 0 Å². The van der Waals surface area contributed by atoms with Gasteiger partial charge in [-0.25, -0.2) is 0 Å². The van der Waals surface area contributed by atoms with Crippen LogP contribution < -0.4 is 10.2 Å². The maximum Gasteiger partial charge on any atom is 0.259 e. The van der Waals surface area contributed by atoms with E-state index in [-0.39, 0.29) is 17.9 Å². The minimum absolute atomic E-state index is 0.120. The van der Waals surface area contributed by atoms with Crippen molar-refractivity contribution in [3.63, 3.8) is 0 Å². The number of hydrogen-bond acceptors (Lipinski definition) is 4. The van der Waals surface area contributed by atoms with Gasteiger partial charge in [-0.15, -0.1) is 0 Å². The first-order chi connectivity index (χ1) is 16.4. The maximum absolute atomic E-state index is 13.7. The molecule has 0 atom stereocenters. The number of hydrogen-bond donors (Lipinski definition) is 1. The zero-order valence-electron chi connectivity index (χ0n) is 19.2. The summed E-state index contributed by atoms with van der Waals surface area (Å²) in [5.74, 6) is -0.297. The summed E-state index contributed by atoms with van der Waals surface area (Å²) < 4.78 is 5.53. The number of carbonyl (C=O) groups is 2. The van der Waals surface area contributed by atoms with Gasteiger partial charge in [-0.05, 0) is 62.2 Å². The van der Waals surface area contributed by atoms with Gasteiger partial charge < -0.3 is 15.0 Å². The molecule has 0 saturated carbocycles. The van der Waals surface area contributed by atoms with Crippen LogP contribution in [0, 0.1) is 0 Å². The maximum atomic E-state index is 13.7. The quantitative estimate of drug-likeness (QED) is 0.379. The summed E-state index contributed by atoms with van der Waals surface area (Å²) in [6, 6.07) is 20.6. The molecule has 1 N–H and O–H groups in total. The smallest absolute Gasteiger partial charge is 0.259 e. The van der Waals surface area contributed by atoms with Gasteiger partial charge in [0.15, 0.2) is 0 Å². The largest absolute Gasteiger partial charge is 0.379 e. The van der Waals surface area contributed by atoms with Gasteiger partial charge in [0, 0.05) is 33.5 Å². The minimum Gasteiger partial charge on any atom is -0.379 e. The van der Waals surface area contributed by atoms with Crippen molar-refractivity contribution in [2.45, 2.75) is 42.7 Å². The van der Waals surface area contributed by atoms with Gasteiger partial charge in [0.25, 0.3) is 11.8 Å². The van der Waals surface area contributed by atoms with E-state index in [9.17, 15) is 9.59 Å². The number of benzene rings is 3. The molecule has 0 aliphatic carbocycles. The predicted molar refractivity (Wildman–Crippen MR) is 137 cm³/mol. The fourth-order valence-electron chi connectivity index (χ4n) is 3.71. The van der Waals surface area contributed by atoms with E-state index in [0.717, 1.165) is 21.8 Å². The highest BCUT2D eigenvalue weighted by atomic mass is 35.5. The van der Waals surface area contributed by atoms with E-state index >= 15 is 0 Å². The fraction of sp³-hybridized carbons (Fsp3) is 0.259. The Morgan fingerprint density at radius 1 is 1.06 bits per heavy atom. The van der Waals surface area contributed by atoms with Crippen molar-refractivity contribution in [2.75, 3.05) is 18.1 Å². The lowest BCUT2D eigenvalue weighted by Gasteiger charge is -2.24. The Kier molecular flexibility index (Phi) is 7.93. The van der Waals surface area contributed by atoms with Gasteiger partial charge in [0.2, 0.25) is 0 Å². The summed E-state index contributed by atoms with van der Waals surface area (Å²) in [5, 5.41) is 3.54. The van der Waals surface area contributed by atoms with Gasteiger partial charge in [-0.1, -0.05) is 53.7 Å². The third-order valence-corrected chi connectivity index (χ3v) is 6.95. The van der Waals surface area contributed by atoms with E-state index in [1.54, 1.807) is 17.0 Å². The second-order valence-corrected chi connectivity index (χ2v) is 9.78. The zero-order valence-corrected chi connectivity index (χ0v) is 20.8. The molecule has 4 rings (SSSR count). The highest BCUT2D eigenvalue weighted by Gasteiger charge is 2.28. The number of fused-ring (bicyclic) bond motifs is 2. The molecule has 0 fully saturated rings. The van der Waals surface area contributed by atoms with Crippen molar-refractivity contribution >= 4 is 40.9 Å². The van der Waals surface area contributed by atoms with Gasteiger partial charge in [-0.2, -0.15) is 0 Å². The highest BCUT2D eigenvalue weighted by molar-refractivity contribution is 7.99. The van der Waals surface area contributed by atoms with E-state index < -0.39 is 0 Å².